The summed E-state index contributed by atoms with van der Waals surface area (Å²) in [6.07, 6.45) is 0.955. The maximum absolute atomic E-state index is 12.0. The predicted molar refractivity (Wildman–Crippen MR) is 76.4 cm³/mol. The number of carbonyl (C=O) groups is 2. The number of aliphatic carboxylic acids is 1. The molecule has 0 aliphatic carbocycles. The van der Waals surface area contributed by atoms with Gasteiger partial charge in [0.05, 0.1) is 4.88 Å². The summed E-state index contributed by atoms with van der Waals surface area (Å²) in [4.78, 5) is 24.0. The van der Waals surface area contributed by atoms with Gasteiger partial charge in [0.25, 0.3) is 5.91 Å². The normalized spacial score (nSPS) is 18.3. The minimum absolute atomic E-state index is 0.306. The fourth-order valence-electron chi connectivity index (χ4n) is 1.82. The van der Waals surface area contributed by atoms with Crippen LogP contribution >= 0.6 is 39.0 Å². The Hall–Kier alpha value is -0.530. The Balaban J connectivity index is 2.14. The van der Waals surface area contributed by atoms with Crippen molar-refractivity contribution >= 4 is 50.9 Å². The highest BCUT2D eigenvalue weighted by molar-refractivity contribution is 9.10. The molecular weight excluding hydrogens is 338 g/mol. The first-order valence-electron chi connectivity index (χ1n) is 5.41. The van der Waals surface area contributed by atoms with E-state index in [9.17, 15) is 14.7 Å². The van der Waals surface area contributed by atoms with Gasteiger partial charge in [0.1, 0.15) is 5.54 Å². The van der Waals surface area contributed by atoms with Crippen LogP contribution in [0, 0.1) is 0 Å². The molecule has 98 valence electrons. The number of thiophene rings is 1. The number of hydrogen-bond donors (Lipinski definition) is 2. The van der Waals surface area contributed by atoms with Gasteiger partial charge in [0, 0.05) is 9.85 Å². The Morgan fingerprint density at radius 3 is 2.56 bits per heavy atom. The Kier molecular flexibility index (Phi) is 4.34. The molecule has 0 radical (unpaired) electrons. The molecule has 0 bridgehead atoms. The molecule has 1 fully saturated rings. The van der Waals surface area contributed by atoms with E-state index in [2.05, 4.69) is 21.2 Å². The molecule has 0 aromatic carbocycles. The van der Waals surface area contributed by atoms with E-state index in [-0.39, 0.29) is 5.91 Å². The third-order valence-corrected chi connectivity index (χ3v) is 5.58. The lowest BCUT2D eigenvalue weighted by atomic mass is 9.92. The standard InChI is InChI=1S/C11H12BrNO3S2/c12-7-5-8(18-6-7)9(14)13-11(10(15)16)1-3-17-4-2-11/h5-6H,1-4H2,(H,13,14)(H,15,16). The third kappa shape index (κ3) is 2.89. The van der Waals surface area contributed by atoms with Gasteiger partial charge in [-0.2, -0.15) is 11.8 Å². The monoisotopic (exact) mass is 349 g/mol. The fourth-order valence-corrected chi connectivity index (χ4v) is 4.33. The Bertz CT molecular complexity index is 469. The van der Waals surface area contributed by atoms with Crippen LogP contribution in [0.1, 0.15) is 22.5 Å². The second kappa shape index (κ2) is 5.63. The van der Waals surface area contributed by atoms with Crippen LogP contribution in [0.2, 0.25) is 0 Å². The van der Waals surface area contributed by atoms with Crippen LogP contribution < -0.4 is 5.32 Å². The minimum atomic E-state index is -1.10. The van der Waals surface area contributed by atoms with Gasteiger partial charge in [-0.1, -0.05) is 0 Å². The van der Waals surface area contributed by atoms with Crippen molar-refractivity contribution < 1.29 is 14.7 Å². The summed E-state index contributed by atoms with van der Waals surface area (Å²) in [5.74, 6) is 0.285. The third-order valence-electron chi connectivity index (χ3n) is 2.90. The number of carboxylic acid groups (broad SMARTS) is 1. The van der Waals surface area contributed by atoms with E-state index >= 15 is 0 Å². The van der Waals surface area contributed by atoms with Gasteiger partial charge in [0.2, 0.25) is 0 Å². The van der Waals surface area contributed by atoms with Crippen LogP contribution in [-0.2, 0) is 4.79 Å². The predicted octanol–water partition coefficient (Wildman–Crippen LogP) is 2.59. The maximum Gasteiger partial charge on any atom is 0.329 e. The number of hydrogen-bond acceptors (Lipinski definition) is 4. The number of carboxylic acids is 1. The molecule has 0 unspecified atom stereocenters. The Labute approximate surface area is 121 Å². The smallest absolute Gasteiger partial charge is 0.329 e. The van der Waals surface area contributed by atoms with E-state index in [0.717, 1.165) is 16.0 Å². The number of nitrogens with one attached hydrogen (secondary N) is 1. The van der Waals surface area contributed by atoms with Crippen molar-refractivity contribution in [2.24, 2.45) is 0 Å². The molecule has 18 heavy (non-hydrogen) atoms. The van der Waals surface area contributed by atoms with Crippen molar-refractivity contribution in [3.63, 3.8) is 0 Å². The minimum Gasteiger partial charge on any atom is -0.480 e. The first kappa shape index (κ1) is 13.9. The van der Waals surface area contributed by atoms with Gasteiger partial charge >= 0.3 is 5.97 Å². The lowest BCUT2D eigenvalue weighted by molar-refractivity contribution is -0.144. The van der Waals surface area contributed by atoms with Crippen molar-refractivity contribution in [3.05, 3.63) is 20.8 Å². The average Bonchev–Trinajstić information content (AvgIpc) is 2.77. The molecule has 1 aromatic rings. The fraction of sp³-hybridized carbons (Fsp3) is 0.455. The van der Waals surface area contributed by atoms with Crippen LogP contribution in [0.5, 0.6) is 0 Å². The van der Waals surface area contributed by atoms with Crippen molar-refractivity contribution in [2.45, 2.75) is 18.4 Å². The number of halogens is 1. The molecule has 0 saturated carbocycles. The highest BCUT2D eigenvalue weighted by Crippen LogP contribution is 2.28. The van der Waals surface area contributed by atoms with E-state index in [1.165, 1.54) is 11.3 Å². The maximum atomic E-state index is 12.0. The highest BCUT2D eigenvalue weighted by Gasteiger charge is 2.41. The van der Waals surface area contributed by atoms with Gasteiger partial charge in [0.15, 0.2) is 0 Å². The number of thioether (sulfide) groups is 1. The van der Waals surface area contributed by atoms with Crippen molar-refractivity contribution in [2.75, 3.05) is 11.5 Å². The van der Waals surface area contributed by atoms with E-state index in [1.54, 1.807) is 23.2 Å². The van der Waals surface area contributed by atoms with Crippen LogP contribution in [0.3, 0.4) is 0 Å². The van der Waals surface area contributed by atoms with Gasteiger partial charge in [-0.25, -0.2) is 4.79 Å². The second-order valence-corrected chi connectivity index (χ2v) is 7.13. The van der Waals surface area contributed by atoms with E-state index in [4.69, 9.17) is 0 Å². The van der Waals surface area contributed by atoms with Gasteiger partial charge < -0.3 is 10.4 Å². The second-order valence-electron chi connectivity index (χ2n) is 4.08. The summed E-state index contributed by atoms with van der Waals surface area (Å²) in [5.41, 5.74) is -1.10. The summed E-state index contributed by atoms with van der Waals surface area (Å²) in [5, 5.41) is 13.9. The summed E-state index contributed by atoms with van der Waals surface area (Å²) < 4.78 is 0.834. The zero-order valence-electron chi connectivity index (χ0n) is 9.44. The molecule has 1 aliphatic rings. The quantitative estimate of drug-likeness (QED) is 0.880. The molecule has 4 nitrogen and oxygen atoms in total. The molecule has 1 aliphatic heterocycles. The molecule has 0 spiro atoms. The number of carbonyl (C=O) groups excluding carboxylic acids is 1. The van der Waals surface area contributed by atoms with Crippen molar-refractivity contribution in [1.29, 1.82) is 0 Å². The molecule has 2 heterocycles. The molecule has 2 rings (SSSR count). The summed E-state index contributed by atoms with van der Waals surface area (Å²) in [6.45, 7) is 0. The van der Waals surface area contributed by atoms with Crippen LogP contribution in [0.4, 0.5) is 0 Å². The van der Waals surface area contributed by atoms with Gasteiger partial charge in [-0.3, -0.25) is 4.79 Å². The molecule has 1 saturated heterocycles. The highest BCUT2D eigenvalue weighted by atomic mass is 79.9. The van der Waals surface area contributed by atoms with Gasteiger partial charge in [-0.05, 0) is 46.3 Å². The summed E-state index contributed by atoms with van der Waals surface area (Å²) in [7, 11) is 0. The lowest BCUT2D eigenvalue weighted by Crippen LogP contribution is -2.56. The largest absolute Gasteiger partial charge is 0.480 e. The molecule has 7 heteroatoms. The molecule has 1 amide bonds. The van der Waals surface area contributed by atoms with Crippen LogP contribution in [0.25, 0.3) is 0 Å². The average molecular weight is 350 g/mol. The van der Waals surface area contributed by atoms with Crippen molar-refractivity contribution in [1.82, 2.24) is 5.32 Å². The molecule has 0 atom stereocenters. The van der Waals surface area contributed by atoms with E-state index in [1.807, 2.05) is 0 Å². The Morgan fingerprint density at radius 1 is 1.39 bits per heavy atom. The lowest BCUT2D eigenvalue weighted by Gasteiger charge is -2.33. The zero-order chi connectivity index (χ0) is 13.2. The van der Waals surface area contributed by atoms with Crippen LogP contribution in [-0.4, -0.2) is 34.0 Å². The van der Waals surface area contributed by atoms with Gasteiger partial charge in [-0.15, -0.1) is 11.3 Å². The van der Waals surface area contributed by atoms with Crippen molar-refractivity contribution in [3.8, 4) is 0 Å². The molecule has 2 N–H and O–H groups in total. The number of rotatable bonds is 3. The first-order chi connectivity index (χ1) is 8.53. The van der Waals surface area contributed by atoms with E-state index < -0.39 is 11.5 Å². The zero-order valence-corrected chi connectivity index (χ0v) is 12.7. The topological polar surface area (TPSA) is 66.4 Å². The SMILES string of the molecule is O=C(NC1(C(=O)O)CCSCC1)c1cc(Br)cs1. The number of amides is 1. The van der Waals surface area contributed by atoms with Crippen LogP contribution in [0.15, 0.2) is 15.9 Å². The molecule has 1 aromatic heterocycles. The summed E-state index contributed by atoms with van der Waals surface area (Å²) in [6, 6.07) is 1.70. The Morgan fingerprint density at radius 2 is 2.06 bits per heavy atom. The van der Waals surface area contributed by atoms with E-state index in [0.29, 0.717) is 17.7 Å². The molecular formula is C11H12BrNO3S2. The summed E-state index contributed by atoms with van der Waals surface area (Å²) >= 11 is 6.30. The first-order valence-corrected chi connectivity index (χ1v) is 8.24.